The normalized spacial score (nSPS) is 22.8. The van der Waals surface area contributed by atoms with Crippen molar-refractivity contribution in [1.82, 2.24) is 5.32 Å². The molecule has 0 bridgehead atoms. The van der Waals surface area contributed by atoms with Crippen molar-refractivity contribution in [2.75, 3.05) is 0 Å². The van der Waals surface area contributed by atoms with Crippen molar-refractivity contribution in [2.45, 2.75) is 142 Å². The molecule has 1 saturated heterocycles. The topological polar surface area (TPSA) is 139 Å². The summed E-state index contributed by atoms with van der Waals surface area (Å²) in [6.45, 7) is 13.9. The molecular weight excluding hydrogens is 602 g/mol. The second kappa shape index (κ2) is 20.7. The number of phenolic OH excluding ortho intramolecular Hbond substituents is 2. The fourth-order valence-corrected chi connectivity index (χ4v) is 7.29. The van der Waals surface area contributed by atoms with E-state index in [1.807, 2.05) is 27.7 Å². The van der Waals surface area contributed by atoms with Crippen LogP contribution in [0.1, 0.15) is 108 Å². The minimum absolute atomic E-state index is 0.0112. The Bertz CT molecular complexity index is 1120. The van der Waals surface area contributed by atoms with E-state index in [4.69, 9.17) is 14.6 Å². The van der Waals surface area contributed by atoms with Crippen LogP contribution in [0.3, 0.4) is 0 Å². The summed E-state index contributed by atoms with van der Waals surface area (Å²) in [6, 6.07) is 1.53. The van der Waals surface area contributed by atoms with E-state index < -0.39 is 12.2 Å². The zero-order valence-electron chi connectivity index (χ0n) is 28.6. The molecule has 2 heterocycles. The Morgan fingerprint density at radius 3 is 2.30 bits per heavy atom. The standard InChI is InChI=1S/C34H51NO5S.C2H6.CH2O2/c1-21-14-17-32(34(25-9-7-10-25)35-24(4)29(37)16-15-27-12-5-6-18-41-27)40-33(21)19-26(36)11-8-13-28-22(2)30(38)20-31(39)23(28)3;1-2;2-1-3/h6,12,18,20-21,25-26,29,32-39H,4-5,7-11,13-17,19H2,1-3H3;1-2H3;1H,(H,2,3)/t21?,26-,29?,32+,33-,34?;;/m1../s1. The van der Waals surface area contributed by atoms with Crippen LogP contribution in [0.5, 0.6) is 11.5 Å². The lowest BCUT2D eigenvalue weighted by atomic mass is 9.75. The maximum Gasteiger partial charge on any atom is 0.290 e. The Kier molecular flexibility index (Phi) is 17.9. The summed E-state index contributed by atoms with van der Waals surface area (Å²) in [5.74, 6) is 1.12. The number of carbonyl (C=O) groups is 1. The molecule has 1 saturated carbocycles. The lowest BCUT2D eigenvalue weighted by Crippen LogP contribution is -2.53. The number of ether oxygens (including phenoxy) is 1. The fraction of sp³-hybridized carbons (Fsp3) is 0.649. The van der Waals surface area contributed by atoms with Gasteiger partial charge in [0.2, 0.25) is 0 Å². The zero-order valence-corrected chi connectivity index (χ0v) is 29.4. The second-order valence-corrected chi connectivity index (χ2v) is 13.7. The molecule has 0 spiro atoms. The number of allylic oxidation sites excluding steroid dienone is 3. The van der Waals surface area contributed by atoms with Gasteiger partial charge in [0.15, 0.2) is 0 Å². The number of nitrogens with one attached hydrogen (secondary N) is 1. The van der Waals surface area contributed by atoms with Crippen LogP contribution in [0.25, 0.3) is 0 Å². The van der Waals surface area contributed by atoms with Gasteiger partial charge in [-0.1, -0.05) is 45.9 Å². The molecule has 6 N–H and O–H groups in total. The molecule has 0 aromatic heterocycles. The van der Waals surface area contributed by atoms with Gasteiger partial charge in [-0.15, -0.1) is 11.8 Å². The van der Waals surface area contributed by atoms with Gasteiger partial charge in [0, 0.05) is 11.8 Å². The minimum atomic E-state index is -0.592. The van der Waals surface area contributed by atoms with Gasteiger partial charge in [0.25, 0.3) is 6.47 Å². The number of thioether (sulfide) groups is 1. The number of rotatable bonds is 14. The SMILES string of the molecule is C=C(NC(C1CCC1)[C@@H]1CCC(C)[C@@H](C[C@H](O)CCCc2c(C)c(O)cc(O)c2C)O1)C(O)CCC1=CCC=CS1.CC.O=CO. The number of hydrogen-bond donors (Lipinski definition) is 6. The monoisotopic (exact) mass is 661 g/mol. The molecule has 0 radical (unpaired) electrons. The van der Waals surface area contributed by atoms with Crippen LogP contribution in [-0.4, -0.2) is 62.5 Å². The maximum absolute atomic E-state index is 11.0. The Morgan fingerprint density at radius 2 is 1.74 bits per heavy atom. The lowest BCUT2D eigenvalue weighted by Gasteiger charge is -2.45. The zero-order chi connectivity index (χ0) is 34.2. The molecule has 260 valence electrons. The summed E-state index contributed by atoms with van der Waals surface area (Å²) in [6.07, 6.45) is 14.2. The largest absolute Gasteiger partial charge is 0.508 e. The highest BCUT2D eigenvalue weighted by Gasteiger charge is 2.39. The smallest absolute Gasteiger partial charge is 0.290 e. The van der Waals surface area contributed by atoms with Gasteiger partial charge >= 0.3 is 0 Å². The number of carboxylic acid groups (broad SMARTS) is 1. The molecule has 0 amide bonds. The molecule has 1 aromatic rings. The van der Waals surface area contributed by atoms with Crippen LogP contribution in [0.2, 0.25) is 0 Å². The highest BCUT2D eigenvalue weighted by molar-refractivity contribution is 8.05. The summed E-state index contributed by atoms with van der Waals surface area (Å²) in [5, 5.41) is 54.7. The van der Waals surface area contributed by atoms with E-state index >= 15 is 0 Å². The minimum Gasteiger partial charge on any atom is -0.508 e. The third-order valence-corrected chi connectivity index (χ3v) is 10.6. The van der Waals surface area contributed by atoms with Gasteiger partial charge in [-0.2, -0.15) is 0 Å². The molecule has 2 fully saturated rings. The third kappa shape index (κ3) is 12.0. The van der Waals surface area contributed by atoms with E-state index in [-0.39, 0.29) is 36.2 Å². The van der Waals surface area contributed by atoms with Crippen molar-refractivity contribution in [3.63, 3.8) is 0 Å². The molecule has 1 aliphatic carbocycles. The molecule has 2 aliphatic heterocycles. The van der Waals surface area contributed by atoms with Crippen LogP contribution >= 0.6 is 11.8 Å². The molecule has 8 nitrogen and oxygen atoms in total. The van der Waals surface area contributed by atoms with Crippen LogP contribution in [0, 0.1) is 25.7 Å². The van der Waals surface area contributed by atoms with Crippen molar-refractivity contribution in [3.05, 3.63) is 57.5 Å². The van der Waals surface area contributed by atoms with E-state index in [0.717, 1.165) is 48.8 Å². The van der Waals surface area contributed by atoms with Gasteiger partial charge in [0.1, 0.15) is 11.5 Å². The van der Waals surface area contributed by atoms with Gasteiger partial charge in [-0.3, -0.25) is 4.79 Å². The molecule has 4 rings (SSSR count). The van der Waals surface area contributed by atoms with Crippen LogP contribution < -0.4 is 5.32 Å². The summed E-state index contributed by atoms with van der Waals surface area (Å²) in [7, 11) is 0. The first-order chi connectivity index (χ1) is 22.0. The van der Waals surface area contributed by atoms with Gasteiger partial charge < -0.3 is 35.6 Å². The Morgan fingerprint density at radius 1 is 1.09 bits per heavy atom. The van der Waals surface area contributed by atoms with E-state index in [1.54, 1.807) is 11.8 Å². The first kappa shape index (κ1) is 39.7. The number of phenols is 2. The summed E-state index contributed by atoms with van der Waals surface area (Å²) in [5.41, 5.74) is 3.25. The number of aliphatic hydroxyl groups is 2. The number of hydrogen-bond acceptors (Lipinski definition) is 8. The average molecular weight is 662 g/mol. The summed E-state index contributed by atoms with van der Waals surface area (Å²) >= 11 is 1.74. The Hall–Kier alpha value is -2.46. The van der Waals surface area contributed by atoms with Crippen molar-refractivity contribution in [3.8, 4) is 11.5 Å². The first-order valence-corrected chi connectivity index (χ1v) is 18.0. The number of benzene rings is 1. The summed E-state index contributed by atoms with van der Waals surface area (Å²) < 4.78 is 6.73. The average Bonchev–Trinajstić information content (AvgIpc) is 3.02. The van der Waals surface area contributed by atoms with Crippen LogP contribution in [-0.2, 0) is 16.0 Å². The van der Waals surface area contributed by atoms with Gasteiger partial charge in [0.05, 0.1) is 30.5 Å². The molecular formula is C37H59NO7S. The first-order valence-electron chi connectivity index (χ1n) is 17.1. The molecule has 6 atom stereocenters. The van der Waals surface area contributed by atoms with Crippen molar-refractivity contribution in [2.24, 2.45) is 11.8 Å². The lowest BCUT2D eigenvalue weighted by molar-refractivity contribution is -0.122. The van der Waals surface area contributed by atoms with E-state index in [2.05, 4.69) is 36.4 Å². The van der Waals surface area contributed by atoms with E-state index in [9.17, 15) is 20.4 Å². The van der Waals surface area contributed by atoms with Crippen molar-refractivity contribution < 1.29 is 35.1 Å². The highest BCUT2D eigenvalue weighted by atomic mass is 32.2. The van der Waals surface area contributed by atoms with Gasteiger partial charge in [-0.05, 0) is 123 Å². The predicted molar refractivity (Wildman–Crippen MR) is 188 cm³/mol. The highest BCUT2D eigenvalue weighted by Crippen LogP contribution is 2.38. The fourth-order valence-electron chi connectivity index (χ4n) is 6.48. The number of aromatic hydroxyl groups is 2. The Balaban J connectivity index is 0.00000139. The van der Waals surface area contributed by atoms with Crippen molar-refractivity contribution in [1.29, 1.82) is 0 Å². The van der Waals surface area contributed by atoms with Crippen molar-refractivity contribution >= 4 is 18.2 Å². The predicted octanol–water partition coefficient (Wildman–Crippen LogP) is 7.65. The molecule has 46 heavy (non-hydrogen) atoms. The molecule has 1 aromatic carbocycles. The Labute approximate surface area is 281 Å². The third-order valence-electron chi connectivity index (χ3n) is 9.58. The second-order valence-electron chi connectivity index (χ2n) is 12.6. The van der Waals surface area contributed by atoms with Crippen LogP contribution in [0.15, 0.2) is 40.8 Å². The maximum atomic E-state index is 11.0. The van der Waals surface area contributed by atoms with Gasteiger partial charge in [-0.25, -0.2) is 0 Å². The molecule has 3 aliphatic rings. The molecule has 3 unspecified atom stereocenters. The van der Waals surface area contributed by atoms with E-state index in [1.165, 1.54) is 30.2 Å². The summed E-state index contributed by atoms with van der Waals surface area (Å²) in [4.78, 5) is 9.67. The molecule has 9 heteroatoms. The quantitative estimate of drug-likeness (QED) is 0.111. The number of aliphatic hydroxyl groups excluding tert-OH is 2. The van der Waals surface area contributed by atoms with E-state index in [0.29, 0.717) is 43.2 Å². The van der Waals surface area contributed by atoms with Crippen LogP contribution in [0.4, 0.5) is 0 Å².